The summed E-state index contributed by atoms with van der Waals surface area (Å²) < 4.78 is 14.6. The van der Waals surface area contributed by atoms with Crippen molar-refractivity contribution in [2.75, 3.05) is 5.73 Å². The largest absolute Gasteiger partial charge is 0.426 e. The summed E-state index contributed by atoms with van der Waals surface area (Å²) in [5.74, 6) is 0.425. The smallest absolute Gasteiger partial charge is 0.365 e. The molecule has 18 heavy (non-hydrogen) atoms. The minimum atomic E-state index is -2.84. The van der Waals surface area contributed by atoms with E-state index in [4.69, 9.17) is 10.6 Å². The highest BCUT2D eigenvalue weighted by atomic mass is 35.5. The maximum absolute atomic E-state index is 10.1. The Hall–Kier alpha value is -1.48. The molecule has 0 heterocycles. The zero-order valence-electron chi connectivity index (χ0n) is 9.52. The second kappa shape index (κ2) is 9.54. The number of rotatable bonds is 2. The van der Waals surface area contributed by atoms with Gasteiger partial charge in [0.05, 0.1) is 0 Å². The van der Waals surface area contributed by atoms with Crippen molar-refractivity contribution >= 4 is 26.3 Å². The molecular weight excluding hydrogens is 273 g/mol. The third-order valence-electron chi connectivity index (χ3n) is 1.75. The van der Waals surface area contributed by atoms with Crippen LogP contribution in [0.1, 0.15) is 0 Å². The van der Waals surface area contributed by atoms with Gasteiger partial charge in [-0.2, -0.15) is 0 Å². The molecule has 1 unspecified atom stereocenters. The second-order valence-electron chi connectivity index (χ2n) is 3.09. The number of hydrogen-bond donors (Lipinski definition) is 2. The van der Waals surface area contributed by atoms with Crippen molar-refractivity contribution in [1.29, 1.82) is 0 Å². The predicted octanol–water partition coefficient (Wildman–Crippen LogP) is 3.14. The molecule has 0 radical (unpaired) electrons. The van der Waals surface area contributed by atoms with Crippen LogP contribution in [0.15, 0.2) is 60.7 Å². The molecule has 0 fully saturated rings. The minimum absolute atomic E-state index is 0. The van der Waals surface area contributed by atoms with E-state index in [0.29, 0.717) is 5.75 Å². The Kier molecular flexibility index (Phi) is 8.76. The van der Waals surface area contributed by atoms with Crippen molar-refractivity contribution in [2.45, 2.75) is 0 Å². The van der Waals surface area contributed by atoms with E-state index < -0.39 is 8.25 Å². The lowest BCUT2D eigenvalue weighted by Gasteiger charge is -1.98. The van der Waals surface area contributed by atoms with Crippen LogP contribution in [0.2, 0.25) is 0 Å². The van der Waals surface area contributed by atoms with Crippen molar-refractivity contribution in [3.8, 4) is 5.75 Å². The molecule has 4 nitrogen and oxygen atoms in total. The average molecular weight is 288 g/mol. The zero-order valence-corrected chi connectivity index (χ0v) is 11.3. The maximum atomic E-state index is 10.1. The van der Waals surface area contributed by atoms with Gasteiger partial charge in [-0.15, -0.1) is 12.4 Å². The molecule has 0 amide bonds. The van der Waals surface area contributed by atoms with Crippen LogP contribution in [0, 0.1) is 0 Å². The molecule has 2 aromatic rings. The topological polar surface area (TPSA) is 72.6 Å². The van der Waals surface area contributed by atoms with Crippen molar-refractivity contribution in [2.24, 2.45) is 0 Å². The van der Waals surface area contributed by atoms with Gasteiger partial charge in [-0.3, -0.25) is 0 Å². The van der Waals surface area contributed by atoms with Crippen LogP contribution in [-0.4, -0.2) is 4.89 Å². The third-order valence-corrected chi connectivity index (χ3v) is 2.16. The predicted molar refractivity (Wildman–Crippen MR) is 76.4 cm³/mol. The first-order valence-electron chi connectivity index (χ1n) is 4.95. The van der Waals surface area contributed by atoms with Crippen molar-refractivity contribution in [3.05, 3.63) is 60.7 Å². The molecule has 0 aliphatic heterocycles. The second-order valence-corrected chi connectivity index (χ2v) is 3.83. The van der Waals surface area contributed by atoms with E-state index in [1.807, 2.05) is 30.3 Å². The Morgan fingerprint density at radius 2 is 1.39 bits per heavy atom. The van der Waals surface area contributed by atoms with Crippen LogP contribution < -0.4 is 10.3 Å². The van der Waals surface area contributed by atoms with E-state index in [1.54, 1.807) is 30.3 Å². The van der Waals surface area contributed by atoms with Gasteiger partial charge in [0.25, 0.3) is 0 Å². The standard InChI is InChI=1S/C6H7N.C6H7O3P.ClH/c7-6-4-2-1-3-5-6;7-10(8)9-6-4-2-1-3-5-6;/h1-5H,7H2;1-5,10H,(H,7,8);1H. The lowest BCUT2D eigenvalue weighted by Crippen LogP contribution is -1.79. The molecule has 0 aliphatic carbocycles. The van der Waals surface area contributed by atoms with Crippen LogP contribution in [-0.2, 0) is 4.57 Å². The minimum Gasteiger partial charge on any atom is -0.426 e. The fourth-order valence-corrected chi connectivity index (χ4v) is 1.38. The molecule has 6 heteroatoms. The number of nitrogen functional groups attached to an aromatic ring is 1. The van der Waals surface area contributed by atoms with Crippen LogP contribution in [0.25, 0.3) is 0 Å². The number of halogens is 1. The van der Waals surface area contributed by atoms with Gasteiger partial charge < -0.3 is 15.2 Å². The summed E-state index contributed by atoms with van der Waals surface area (Å²) in [5.41, 5.74) is 6.18. The fraction of sp³-hybridized carbons (Fsp3) is 0. The molecule has 2 aromatic carbocycles. The van der Waals surface area contributed by atoms with E-state index in [9.17, 15) is 4.57 Å². The van der Waals surface area contributed by atoms with Crippen molar-refractivity contribution in [3.63, 3.8) is 0 Å². The highest BCUT2D eigenvalue weighted by molar-refractivity contribution is 7.32. The Morgan fingerprint density at radius 1 is 0.944 bits per heavy atom. The number of hydrogen-bond acceptors (Lipinski definition) is 3. The van der Waals surface area contributed by atoms with Gasteiger partial charge in [0.15, 0.2) is 0 Å². The Balaban J connectivity index is 0.000000321. The number of para-hydroxylation sites is 2. The van der Waals surface area contributed by atoms with E-state index in [1.165, 1.54) is 0 Å². The van der Waals surface area contributed by atoms with E-state index >= 15 is 0 Å². The summed E-state index contributed by atoms with van der Waals surface area (Å²) in [6, 6.07) is 18.0. The molecule has 1 atom stereocenters. The first-order chi connectivity index (χ1) is 8.18. The summed E-state index contributed by atoms with van der Waals surface area (Å²) in [4.78, 5) is 8.33. The van der Waals surface area contributed by atoms with Gasteiger partial charge in [0.2, 0.25) is 0 Å². The van der Waals surface area contributed by atoms with E-state index in [2.05, 4.69) is 4.52 Å². The Labute approximate surface area is 113 Å². The molecule has 0 spiro atoms. The number of benzene rings is 2. The Morgan fingerprint density at radius 3 is 1.72 bits per heavy atom. The van der Waals surface area contributed by atoms with Gasteiger partial charge in [0.1, 0.15) is 5.75 Å². The van der Waals surface area contributed by atoms with Gasteiger partial charge in [-0.05, 0) is 24.3 Å². The molecule has 0 bridgehead atoms. The highest BCUT2D eigenvalue weighted by Gasteiger charge is 1.92. The van der Waals surface area contributed by atoms with Crippen molar-refractivity contribution in [1.82, 2.24) is 0 Å². The lowest BCUT2D eigenvalue weighted by atomic mass is 10.3. The summed E-state index contributed by atoms with van der Waals surface area (Å²) in [7, 11) is -2.84. The third kappa shape index (κ3) is 7.74. The molecule has 0 aromatic heterocycles. The lowest BCUT2D eigenvalue weighted by molar-refractivity contribution is 0.410. The first-order valence-corrected chi connectivity index (χ1v) is 6.21. The Bertz CT molecular complexity index is 453. The summed E-state index contributed by atoms with van der Waals surface area (Å²) >= 11 is 0. The fourth-order valence-electron chi connectivity index (χ4n) is 1.04. The van der Waals surface area contributed by atoms with Gasteiger partial charge >= 0.3 is 8.25 Å². The number of anilines is 1. The zero-order chi connectivity index (χ0) is 12.5. The van der Waals surface area contributed by atoms with Gasteiger partial charge in [-0.25, -0.2) is 4.57 Å². The van der Waals surface area contributed by atoms with Crippen LogP contribution in [0.4, 0.5) is 5.69 Å². The summed E-state index contributed by atoms with van der Waals surface area (Å²) in [6.07, 6.45) is 0. The molecule has 0 saturated heterocycles. The van der Waals surface area contributed by atoms with Gasteiger partial charge in [0, 0.05) is 5.69 Å². The molecule has 0 saturated carbocycles. The summed E-state index contributed by atoms with van der Waals surface area (Å²) in [6.45, 7) is 0. The highest BCUT2D eigenvalue weighted by Crippen LogP contribution is 2.21. The van der Waals surface area contributed by atoms with E-state index in [-0.39, 0.29) is 12.4 Å². The van der Waals surface area contributed by atoms with Crippen LogP contribution >= 0.6 is 20.7 Å². The molecule has 0 aliphatic rings. The van der Waals surface area contributed by atoms with Gasteiger partial charge in [-0.1, -0.05) is 36.4 Å². The quantitative estimate of drug-likeness (QED) is 0.657. The number of nitrogens with two attached hydrogens (primary N) is 1. The van der Waals surface area contributed by atoms with Crippen molar-refractivity contribution < 1.29 is 14.0 Å². The first kappa shape index (κ1) is 16.5. The van der Waals surface area contributed by atoms with Crippen LogP contribution in [0.3, 0.4) is 0 Å². The molecule has 2 rings (SSSR count). The maximum Gasteiger partial charge on any atom is 0.365 e. The molecule has 98 valence electrons. The normalized spacial score (nSPS) is 10.3. The SMILES string of the molecule is Cl.Nc1ccccc1.O=[PH](O)Oc1ccccc1. The molecular formula is C12H15ClNO3P. The monoisotopic (exact) mass is 287 g/mol. The van der Waals surface area contributed by atoms with E-state index in [0.717, 1.165) is 5.69 Å². The molecule has 3 N–H and O–H groups in total. The average Bonchev–Trinajstić information content (AvgIpc) is 2.31. The summed E-state index contributed by atoms with van der Waals surface area (Å²) in [5, 5.41) is 0. The van der Waals surface area contributed by atoms with Crippen LogP contribution in [0.5, 0.6) is 5.75 Å².